The van der Waals surface area contributed by atoms with Crippen molar-refractivity contribution < 1.29 is 18.7 Å². The van der Waals surface area contributed by atoms with Crippen LogP contribution in [0.25, 0.3) is 0 Å². The van der Waals surface area contributed by atoms with Crippen LogP contribution in [0, 0.1) is 12.7 Å². The van der Waals surface area contributed by atoms with E-state index in [0.29, 0.717) is 24.7 Å². The van der Waals surface area contributed by atoms with Crippen molar-refractivity contribution in [2.24, 2.45) is 0 Å². The van der Waals surface area contributed by atoms with E-state index in [0.717, 1.165) is 19.2 Å². The third kappa shape index (κ3) is 3.70. The molecule has 7 nitrogen and oxygen atoms in total. The van der Waals surface area contributed by atoms with Gasteiger partial charge in [-0.3, -0.25) is 4.79 Å². The fraction of sp³-hybridized carbons (Fsp3) is 0.438. The third-order valence-electron chi connectivity index (χ3n) is 4.02. The Morgan fingerprint density at radius 2 is 2.38 bits per heavy atom. The van der Waals surface area contributed by atoms with Gasteiger partial charge >= 0.3 is 0 Å². The average molecular weight is 334 g/mol. The summed E-state index contributed by atoms with van der Waals surface area (Å²) in [5, 5.41) is 13.4. The molecule has 3 heterocycles. The molecule has 8 heteroatoms. The number of nitrogens with one attached hydrogen (secondary N) is 1. The molecular weight excluding hydrogens is 315 g/mol. The van der Waals surface area contributed by atoms with Gasteiger partial charge in [-0.1, -0.05) is 0 Å². The molecule has 3 rings (SSSR count). The lowest BCUT2D eigenvalue weighted by Crippen LogP contribution is -2.54. The number of oxazole rings is 1. The quantitative estimate of drug-likeness (QED) is 0.875. The minimum absolute atomic E-state index is 0.0927. The first-order chi connectivity index (χ1) is 11.5. The van der Waals surface area contributed by atoms with Crippen LogP contribution in [0.2, 0.25) is 0 Å². The molecule has 0 spiro atoms. The molecule has 2 N–H and O–H groups in total. The van der Waals surface area contributed by atoms with Crippen molar-refractivity contribution >= 4 is 11.7 Å². The van der Waals surface area contributed by atoms with E-state index in [4.69, 9.17) is 4.42 Å². The number of amides is 1. The predicted molar refractivity (Wildman–Crippen MR) is 84.2 cm³/mol. The number of aliphatic hydroxyl groups is 1. The molecule has 1 aliphatic heterocycles. The molecule has 128 valence electrons. The number of β-amino-alcohol motifs (C(OH)–C–C–N with tert-alkyl or cyclic N) is 1. The summed E-state index contributed by atoms with van der Waals surface area (Å²) < 4.78 is 18.0. The minimum Gasteiger partial charge on any atom is -0.448 e. The summed E-state index contributed by atoms with van der Waals surface area (Å²) in [7, 11) is 0. The molecule has 1 saturated heterocycles. The zero-order chi connectivity index (χ0) is 17.2. The van der Waals surface area contributed by atoms with Crippen molar-refractivity contribution in [2.45, 2.75) is 25.4 Å². The van der Waals surface area contributed by atoms with Gasteiger partial charge in [0.05, 0.1) is 11.8 Å². The average Bonchev–Trinajstić information content (AvgIpc) is 3.00. The van der Waals surface area contributed by atoms with Gasteiger partial charge in [-0.15, -0.1) is 0 Å². The number of aromatic nitrogens is 2. The molecule has 24 heavy (non-hydrogen) atoms. The Hall–Kier alpha value is -2.48. The number of anilines is 1. The second-order valence-corrected chi connectivity index (χ2v) is 6.02. The molecule has 0 aliphatic carbocycles. The fourth-order valence-electron chi connectivity index (χ4n) is 2.81. The number of hydrogen-bond acceptors (Lipinski definition) is 6. The van der Waals surface area contributed by atoms with Gasteiger partial charge in [0.15, 0.2) is 11.6 Å². The first-order valence-corrected chi connectivity index (χ1v) is 7.74. The SMILES string of the molecule is Cc1nc(C(=O)NCC2(O)CCCN(c3ccc(F)cn3)C2)co1. The Morgan fingerprint density at radius 3 is 3.04 bits per heavy atom. The summed E-state index contributed by atoms with van der Waals surface area (Å²) in [6, 6.07) is 2.92. The molecule has 1 amide bonds. The largest absolute Gasteiger partial charge is 0.448 e. The normalized spacial score (nSPS) is 20.9. The predicted octanol–water partition coefficient (Wildman–Crippen LogP) is 1.28. The van der Waals surface area contributed by atoms with Crippen molar-refractivity contribution in [3.63, 3.8) is 0 Å². The van der Waals surface area contributed by atoms with Crippen molar-refractivity contribution in [3.8, 4) is 0 Å². The number of nitrogens with zero attached hydrogens (tertiary/aromatic N) is 3. The van der Waals surface area contributed by atoms with E-state index in [2.05, 4.69) is 15.3 Å². The minimum atomic E-state index is -1.08. The van der Waals surface area contributed by atoms with Crippen LogP contribution in [0.3, 0.4) is 0 Å². The van der Waals surface area contributed by atoms with Crippen molar-refractivity contribution in [3.05, 3.63) is 42.0 Å². The van der Waals surface area contributed by atoms with Gasteiger partial charge in [-0.25, -0.2) is 14.4 Å². The molecule has 0 aromatic carbocycles. The van der Waals surface area contributed by atoms with Crippen LogP contribution in [0.4, 0.5) is 10.2 Å². The van der Waals surface area contributed by atoms with Gasteiger partial charge in [0.25, 0.3) is 5.91 Å². The molecule has 1 atom stereocenters. The van der Waals surface area contributed by atoms with Gasteiger partial charge in [0.1, 0.15) is 17.9 Å². The maximum Gasteiger partial charge on any atom is 0.273 e. The van der Waals surface area contributed by atoms with Gasteiger partial charge in [-0.05, 0) is 25.0 Å². The Balaban J connectivity index is 1.62. The van der Waals surface area contributed by atoms with E-state index in [1.807, 2.05) is 4.90 Å². The number of pyridine rings is 1. The summed E-state index contributed by atoms with van der Waals surface area (Å²) in [5.74, 6) is 0.219. The lowest BCUT2D eigenvalue weighted by molar-refractivity contribution is 0.0253. The summed E-state index contributed by atoms with van der Waals surface area (Å²) in [4.78, 5) is 21.9. The fourth-order valence-corrected chi connectivity index (χ4v) is 2.81. The van der Waals surface area contributed by atoms with Crippen LogP contribution in [0.1, 0.15) is 29.2 Å². The number of hydrogen-bond donors (Lipinski definition) is 2. The molecule has 2 aromatic rings. The number of piperidine rings is 1. The van der Waals surface area contributed by atoms with E-state index < -0.39 is 17.3 Å². The Labute approximate surface area is 138 Å². The van der Waals surface area contributed by atoms with Crippen LogP contribution in [0.5, 0.6) is 0 Å². The van der Waals surface area contributed by atoms with E-state index in [1.165, 1.54) is 12.3 Å². The van der Waals surface area contributed by atoms with Gasteiger partial charge in [0, 0.05) is 26.6 Å². The van der Waals surface area contributed by atoms with Crippen LogP contribution < -0.4 is 10.2 Å². The number of aryl methyl sites for hydroxylation is 1. The zero-order valence-electron chi connectivity index (χ0n) is 13.3. The third-order valence-corrected chi connectivity index (χ3v) is 4.02. The maximum absolute atomic E-state index is 13.0. The zero-order valence-corrected chi connectivity index (χ0v) is 13.3. The number of carbonyl (C=O) groups excluding carboxylic acids is 1. The first-order valence-electron chi connectivity index (χ1n) is 7.74. The van der Waals surface area contributed by atoms with Crippen molar-refractivity contribution in [1.29, 1.82) is 0 Å². The van der Waals surface area contributed by atoms with E-state index in [-0.39, 0.29) is 12.2 Å². The lowest BCUT2D eigenvalue weighted by atomic mass is 9.92. The topological polar surface area (TPSA) is 91.5 Å². The highest BCUT2D eigenvalue weighted by Crippen LogP contribution is 2.24. The molecule has 1 aliphatic rings. The first kappa shape index (κ1) is 16.4. The Morgan fingerprint density at radius 1 is 1.54 bits per heavy atom. The highest BCUT2D eigenvalue weighted by molar-refractivity contribution is 5.91. The smallest absolute Gasteiger partial charge is 0.273 e. The van der Waals surface area contributed by atoms with Crippen molar-refractivity contribution in [2.75, 3.05) is 24.5 Å². The number of carbonyl (C=O) groups is 1. The van der Waals surface area contributed by atoms with Crippen LogP contribution in [0.15, 0.2) is 29.0 Å². The number of halogens is 1. The molecular formula is C16H19FN4O3. The van der Waals surface area contributed by atoms with Crippen molar-refractivity contribution in [1.82, 2.24) is 15.3 Å². The van der Waals surface area contributed by atoms with Gasteiger partial charge in [-0.2, -0.15) is 0 Å². The highest BCUT2D eigenvalue weighted by Gasteiger charge is 2.34. The molecule has 0 bridgehead atoms. The maximum atomic E-state index is 13.0. The number of rotatable bonds is 4. The summed E-state index contributed by atoms with van der Waals surface area (Å²) in [6.45, 7) is 2.77. The Kier molecular flexibility index (Phi) is 4.48. The van der Waals surface area contributed by atoms with Crippen LogP contribution >= 0.6 is 0 Å². The molecule has 0 saturated carbocycles. The summed E-state index contributed by atoms with van der Waals surface area (Å²) in [5.41, 5.74) is -0.896. The molecule has 0 radical (unpaired) electrons. The summed E-state index contributed by atoms with van der Waals surface area (Å²) in [6.07, 6.45) is 3.74. The van der Waals surface area contributed by atoms with Crippen LogP contribution in [-0.4, -0.2) is 46.2 Å². The lowest BCUT2D eigenvalue weighted by Gasteiger charge is -2.39. The molecule has 1 fully saturated rings. The molecule has 1 unspecified atom stereocenters. The van der Waals surface area contributed by atoms with Gasteiger partial charge in [0.2, 0.25) is 0 Å². The monoisotopic (exact) mass is 334 g/mol. The van der Waals surface area contributed by atoms with Gasteiger partial charge < -0.3 is 19.7 Å². The second-order valence-electron chi connectivity index (χ2n) is 6.02. The second kappa shape index (κ2) is 6.56. The summed E-state index contributed by atoms with van der Waals surface area (Å²) >= 11 is 0. The van der Waals surface area contributed by atoms with E-state index in [1.54, 1.807) is 13.0 Å². The standard InChI is InChI=1S/C16H19FN4O3/c1-11-20-13(8-24-11)15(22)19-9-16(23)5-2-6-21(10-16)14-4-3-12(17)7-18-14/h3-4,7-8,23H,2,5-6,9-10H2,1H3,(H,19,22). The molecule has 2 aromatic heterocycles. The highest BCUT2D eigenvalue weighted by atomic mass is 19.1. The van der Waals surface area contributed by atoms with Crippen LogP contribution in [-0.2, 0) is 0 Å². The van der Waals surface area contributed by atoms with E-state index >= 15 is 0 Å². The van der Waals surface area contributed by atoms with E-state index in [9.17, 15) is 14.3 Å². The Bertz CT molecular complexity index is 718.